The Morgan fingerprint density at radius 1 is 1.10 bits per heavy atom. The molecule has 0 saturated heterocycles. The van der Waals surface area contributed by atoms with Crippen LogP contribution in [0, 0.1) is 6.92 Å². The summed E-state index contributed by atoms with van der Waals surface area (Å²) in [4.78, 5) is 8.59. The number of nitrogens with zero attached hydrogens (tertiary/aromatic N) is 2. The Kier molecular flexibility index (Phi) is 4.65. The van der Waals surface area contributed by atoms with E-state index in [2.05, 4.69) is 20.7 Å². The summed E-state index contributed by atoms with van der Waals surface area (Å²) in [5.41, 5.74) is 4.12. The van der Waals surface area contributed by atoms with E-state index >= 15 is 0 Å². The van der Waals surface area contributed by atoms with E-state index < -0.39 is 0 Å². The van der Waals surface area contributed by atoms with E-state index in [-0.39, 0.29) is 0 Å². The summed E-state index contributed by atoms with van der Waals surface area (Å²) in [6, 6.07) is 5.27. The number of nitrogens with one attached hydrogen (secondary N) is 2. The average Bonchev–Trinajstić information content (AvgIpc) is 2.44. The maximum atomic E-state index is 6.19. The Labute approximate surface area is 127 Å². The van der Waals surface area contributed by atoms with Gasteiger partial charge in [-0.2, -0.15) is 0 Å². The zero-order valence-corrected chi connectivity index (χ0v) is 12.7. The van der Waals surface area contributed by atoms with Crippen molar-refractivity contribution >= 4 is 40.5 Å². The molecule has 0 saturated carbocycles. The number of nitrogens with two attached hydrogens (primary N) is 1. The molecule has 0 atom stereocenters. The number of hydrazine groups is 1. The fraction of sp³-hybridized carbons (Fsp3) is 0.231. The van der Waals surface area contributed by atoms with Gasteiger partial charge in [0.25, 0.3) is 0 Å². The standard InChI is InChI=1S/C13H15Cl2N5/c1-3-11-18-12(6-13(19-11)20-16)17-10-5-8(14)7(2)4-9(10)15/h4-6H,3,16H2,1-2H3,(H2,17,18,19,20). The largest absolute Gasteiger partial charge is 0.339 e. The maximum Gasteiger partial charge on any atom is 0.145 e. The van der Waals surface area contributed by atoms with E-state index in [4.69, 9.17) is 29.0 Å². The molecule has 0 radical (unpaired) electrons. The van der Waals surface area contributed by atoms with E-state index in [0.29, 0.717) is 39.6 Å². The molecule has 106 valence electrons. The van der Waals surface area contributed by atoms with Crippen molar-refractivity contribution in [3.8, 4) is 0 Å². The quantitative estimate of drug-likeness (QED) is 0.593. The molecule has 7 heteroatoms. The smallest absolute Gasteiger partial charge is 0.145 e. The number of halogens is 2. The molecule has 2 aromatic rings. The second-order valence-electron chi connectivity index (χ2n) is 4.26. The van der Waals surface area contributed by atoms with Crippen molar-refractivity contribution in [2.45, 2.75) is 20.3 Å². The molecule has 0 unspecified atom stereocenters. The van der Waals surface area contributed by atoms with Gasteiger partial charge in [0.15, 0.2) is 0 Å². The highest BCUT2D eigenvalue weighted by Gasteiger charge is 2.08. The van der Waals surface area contributed by atoms with Crippen molar-refractivity contribution in [3.05, 3.63) is 39.6 Å². The first kappa shape index (κ1) is 14.8. The van der Waals surface area contributed by atoms with Crippen LogP contribution in [0.3, 0.4) is 0 Å². The Morgan fingerprint density at radius 2 is 1.80 bits per heavy atom. The number of nitrogen functional groups attached to an aromatic ring is 1. The van der Waals surface area contributed by atoms with Gasteiger partial charge in [-0.25, -0.2) is 15.8 Å². The predicted molar refractivity (Wildman–Crippen MR) is 83.7 cm³/mol. The second-order valence-corrected chi connectivity index (χ2v) is 5.07. The molecule has 4 N–H and O–H groups in total. The first-order chi connectivity index (χ1) is 9.53. The summed E-state index contributed by atoms with van der Waals surface area (Å²) in [7, 11) is 0. The Balaban J connectivity index is 2.36. The van der Waals surface area contributed by atoms with E-state index in [1.807, 2.05) is 13.8 Å². The van der Waals surface area contributed by atoms with Crippen LogP contribution in [0.1, 0.15) is 18.3 Å². The van der Waals surface area contributed by atoms with E-state index in [1.54, 1.807) is 18.2 Å². The SMILES string of the molecule is CCc1nc(NN)cc(Nc2cc(Cl)c(C)cc2Cl)n1. The molecular formula is C13H15Cl2N5. The van der Waals surface area contributed by atoms with Crippen LogP contribution in [0.4, 0.5) is 17.3 Å². The molecule has 1 aromatic carbocycles. The van der Waals surface area contributed by atoms with E-state index in [1.165, 1.54) is 0 Å². The molecular weight excluding hydrogens is 297 g/mol. The number of anilines is 3. The highest BCUT2D eigenvalue weighted by Crippen LogP contribution is 2.31. The molecule has 20 heavy (non-hydrogen) atoms. The Morgan fingerprint density at radius 3 is 2.45 bits per heavy atom. The normalized spacial score (nSPS) is 10.4. The highest BCUT2D eigenvalue weighted by atomic mass is 35.5. The lowest BCUT2D eigenvalue weighted by Gasteiger charge is -2.11. The summed E-state index contributed by atoms with van der Waals surface area (Å²) in [6.07, 6.45) is 0.701. The minimum atomic E-state index is 0.536. The third kappa shape index (κ3) is 3.30. The van der Waals surface area contributed by atoms with Crippen molar-refractivity contribution in [1.29, 1.82) is 0 Å². The first-order valence-electron chi connectivity index (χ1n) is 6.10. The van der Waals surface area contributed by atoms with Crippen LogP contribution in [-0.4, -0.2) is 9.97 Å². The average molecular weight is 312 g/mol. The van der Waals surface area contributed by atoms with E-state index in [9.17, 15) is 0 Å². The lowest BCUT2D eigenvalue weighted by atomic mass is 10.2. The summed E-state index contributed by atoms with van der Waals surface area (Å²) in [5, 5.41) is 4.34. The fourth-order valence-corrected chi connectivity index (χ4v) is 2.10. The van der Waals surface area contributed by atoms with Crippen LogP contribution < -0.4 is 16.6 Å². The van der Waals surface area contributed by atoms with Gasteiger partial charge in [0.2, 0.25) is 0 Å². The lowest BCUT2D eigenvalue weighted by Crippen LogP contribution is -2.11. The lowest BCUT2D eigenvalue weighted by molar-refractivity contribution is 0.941. The van der Waals surface area contributed by atoms with Gasteiger partial charge in [0.05, 0.1) is 10.7 Å². The Hall–Kier alpha value is -1.56. The Bertz CT molecular complexity index is 608. The number of hydrogen-bond acceptors (Lipinski definition) is 5. The van der Waals surface area contributed by atoms with Gasteiger partial charge in [0, 0.05) is 17.5 Å². The minimum Gasteiger partial charge on any atom is -0.339 e. The van der Waals surface area contributed by atoms with Gasteiger partial charge in [-0.1, -0.05) is 30.1 Å². The van der Waals surface area contributed by atoms with Crippen LogP contribution >= 0.6 is 23.2 Å². The number of benzene rings is 1. The van der Waals surface area contributed by atoms with Crippen molar-refractivity contribution in [3.63, 3.8) is 0 Å². The number of aromatic nitrogens is 2. The topological polar surface area (TPSA) is 75.9 Å². The second kappa shape index (κ2) is 6.26. The molecule has 0 bridgehead atoms. The van der Waals surface area contributed by atoms with Crippen LogP contribution in [0.25, 0.3) is 0 Å². The van der Waals surface area contributed by atoms with Crippen molar-refractivity contribution < 1.29 is 0 Å². The maximum absolute atomic E-state index is 6.19. The summed E-state index contributed by atoms with van der Waals surface area (Å²) >= 11 is 12.3. The summed E-state index contributed by atoms with van der Waals surface area (Å²) < 4.78 is 0. The molecule has 0 amide bonds. The van der Waals surface area contributed by atoms with Gasteiger partial charge in [0.1, 0.15) is 17.5 Å². The van der Waals surface area contributed by atoms with Gasteiger partial charge in [-0.3, -0.25) is 0 Å². The zero-order chi connectivity index (χ0) is 14.7. The molecule has 0 fully saturated rings. The minimum absolute atomic E-state index is 0.536. The van der Waals surface area contributed by atoms with Crippen LogP contribution in [0.2, 0.25) is 10.0 Å². The number of rotatable bonds is 4. The predicted octanol–water partition coefficient (Wildman–Crippen LogP) is 3.68. The zero-order valence-electron chi connectivity index (χ0n) is 11.2. The molecule has 5 nitrogen and oxygen atoms in total. The first-order valence-corrected chi connectivity index (χ1v) is 6.86. The van der Waals surface area contributed by atoms with Crippen molar-refractivity contribution in [1.82, 2.24) is 9.97 Å². The number of hydrogen-bond donors (Lipinski definition) is 3. The van der Waals surface area contributed by atoms with Crippen molar-refractivity contribution in [2.75, 3.05) is 10.7 Å². The summed E-state index contributed by atoms with van der Waals surface area (Å²) in [5.74, 6) is 7.21. The monoisotopic (exact) mass is 311 g/mol. The van der Waals surface area contributed by atoms with Gasteiger partial charge < -0.3 is 10.7 Å². The fourth-order valence-electron chi connectivity index (χ4n) is 1.67. The molecule has 1 heterocycles. The highest BCUT2D eigenvalue weighted by molar-refractivity contribution is 6.35. The molecule has 0 spiro atoms. The molecule has 0 aliphatic carbocycles. The van der Waals surface area contributed by atoms with E-state index in [0.717, 1.165) is 5.56 Å². The third-order valence-electron chi connectivity index (χ3n) is 2.75. The van der Waals surface area contributed by atoms with Gasteiger partial charge in [-0.05, 0) is 24.6 Å². The summed E-state index contributed by atoms with van der Waals surface area (Å²) in [6.45, 7) is 3.86. The molecule has 1 aromatic heterocycles. The molecule has 0 aliphatic rings. The van der Waals surface area contributed by atoms with Gasteiger partial charge >= 0.3 is 0 Å². The molecule has 2 rings (SSSR count). The third-order valence-corrected chi connectivity index (χ3v) is 3.47. The molecule has 0 aliphatic heterocycles. The van der Waals surface area contributed by atoms with Gasteiger partial charge in [-0.15, -0.1) is 0 Å². The van der Waals surface area contributed by atoms with Crippen LogP contribution in [-0.2, 0) is 6.42 Å². The van der Waals surface area contributed by atoms with Crippen LogP contribution in [0.15, 0.2) is 18.2 Å². The van der Waals surface area contributed by atoms with Crippen LogP contribution in [0.5, 0.6) is 0 Å². The number of aryl methyl sites for hydroxylation is 2. The van der Waals surface area contributed by atoms with Crippen molar-refractivity contribution in [2.24, 2.45) is 5.84 Å².